The van der Waals surface area contributed by atoms with Crippen LogP contribution in [0.2, 0.25) is 0 Å². The lowest BCUT2D eigenvalue weighted by Gasteiger charge is -2.23. The second-order valence-corrected chi connectivity index (χ2v) is 6.02. The van der Waals surface area contributed by atoms with E-state index in [2.05, 4.69) is 10.3 Å². The highest BCUT2D eigenvalue weighted by atomic mass is 19.4. The summed E-state index contributed by atoms with van der Waals surface area (Å²) in [6.07, 6.45) is -4.19. The summed E-state index contributed by atoms with van der Waals surface area (Å²) < 4.78 is 42.5. The summed E-state index contributed by atoms with van der Waals surface area (Å²) in [5.74, 6) is 1.49. The van der Waals surface area contributed by atoms with Crippen LogP contribution >= 0.6 is 0 Å². The molecule has 0 aliphatic heterocycles. The van der Waals surface area contributed by atoms with E-state index in [1.807, 2.05) is 50.1 Å². The highest BCUT2D eigenvalue weighted by Gasteiger charge is 2.28. The van der Waals surface area contributed by atoms with Crippen LogP contribution in [0.4, 0.5) is 13.2 Å². The number of ether oxygens (including phenoxy) is 1. The van der Waals surface area contributed by atoms with Crippen LogP contribution in [-0.2, 0) is 6.54 Å². The van der Waals surface area contributed by atoms with Gasteiger partial charge in [-0.1, -0.05) is 12.1 Å². The molecular formula is C18H29F3N4O. The molecule has 0 aliphatic carbocycles. The van der Waals surface area contributed by atoms with E-state index >= 15 is 0 Å². The summed E-state index contributed by atoms with van der Waals surface area (Å²) in [4.78, 5) is 7.59. The highest BCUT2D eigenvalue weighted by Crippen LogP contribution is 2.15. The Balaban J connectivity index is 2.60. The smallest absolute Gasteiger partial charge is 0.401 e. The number of hydrogen-bond donors (Lipinski definition) is 1. The number of aliphatic imine (C=N–C) groups is 1. The van der Waals surface area contributed by atoms with Crippen molar-refractivity contribution in [3.05, 3.63) is 29.8 Å². The van der Waals surface area contributed by atoms with Gasteiger partial charge in [0, 0.05) is 26.7 Å². The van der Waals surface area contributed by atoms with Gasteiger partial charge in [-0.2, -0.15) is 13.2 Å². The van der Waals surface area contributed by atoms with E-state index < -0.39 is 12.7 Å². The Labute approximate surface area is 153 Å². The third-order valence-electron chi connectivity index (χ3n) is 3.54. The zero-order valence-corrected chi connectivity index (χ0v) is 15.9. The van der Waals surface area contributed by atoms with E-state index in [9.17, 15) is 13.2 Å². The average Bonchev–Trinajstić information content (AvgIpc) is 2.54. The summed E-state index contributed by atoms with van der Waals surface area (Å²) in [6.45, 7) is 5.44. The fourth-order valence-corrected chi connectivity index (χ4v) is 2.39. The molecule has 1 aromatic carbocycles. The van der Waals surface area contributed by atoms with Crippen molar-refractivity contribution in [3.63, 3.8) is 0 Å². The van der Waals surface area contributed by atoms with Crippen LogP contribution in [-0.4, -0.2) is 68.8 Å². The van der Waals surface area contributed by atoms with E-state index in [1.54, 1.807) is 0 Å². The number of hydrogen-bond acceptors (Lipinski definition) is 3. The van der Waals surface area contributed by atoms with E-state index in [-0.39, 0.29) is 6.54 Å². The fourth-order valence-electron chi connectivity index (χ4n) is 2.39. The third-order valence-corrected chi connectivity index (χ3v) is 3.54. The molecule has 0 saturated carbocycles. The Morgan fingerprint density at radius 2 is 1.81 bits per heavy atom. The summed E-state index contributed by atoms with van der Waals surface area (Å²) in [6, 6.07) is 7.82. The summed E-state index contributed by atoms with van der Waals surface area (Å²) in [5, 5.41) is 3.17. The van der Waals surface area contributed by atoms with Crippen molar-refractivity contribution in [1.29, 1.82) is 0 Å². The van der Waals surface area contributed by atoms with Gasteiger partial charge in [0.25, 0.3) is 0 Å². The van der Waals surface area contributed by atoms with E-state index in [0.717, 1.165) is 11.3 Å². The van der Waals surface area contributed by atoms with Gasteiger partial charge in [0.05, 0.1) is 19.7 Å². The number of halogens is 3. The maximum atomic E-state index is 12.4. The van der Waals surface area contributed by atoms with Crippen LogP contribution in [0.25, 0.3) is 0 Å². The lowest BCUT2D eigenvalue weighted by Crippen LogP contribution is -2.39. The average molecular weight is 374 g/mol. The fraction of sp³-hybridized carbons (Fsp3) is 0.611. The number of alkyl halides is 3. The van der Waals surface area contributed by atoms with Gasteiger partial charge in [-0.15, -0.1) is 0 Å². The molecule has 0 bridgehead atoms. The quantitative estimate of drug-likeness (QED) is 0.533. The van der Waals surface area contributed by atoms with E-state index in [0.29, 0.717) is 32.2 Å². The standard InChI is InChI=1S/C18H29F3N4O/c1-5-22-17(23-11-12-24(3)14-18(19,20)21)25(4)13-15-7-9-16(10-8-15)26-6-2/h7-10H,5-6,11-14H2,1-4H3,(H,22,23). The SMILES string of the molecule is CCNC(=NCCN(C)CC(F)(F)F)N(C)Cc1ccc(OCC)cc1. The van der Waals surface area contributed by atoms with Crippen molar-refractivity contribution in [3.8, 4) is 5.75 Å². The molecule has 0 spiro atoms. The number of rotatable bonds is 9. The molecule has 0 atom stereocenters. The van der Waals surface area contributed by atoms with Gasteiger partial charge < -0.3 is 15.0 Å². The zero-order chi connectivity index (χ0) is 19.6. The molecule has 1 rings (SSSR count). The second kappa shape index (κ2) is 10.9. The van der Waals surface area contributed by atoms with Crippen molar-refractivity contribution in [1.82, 2.24) is 15.1 Å². The first-order valence-electron chi connectivity index (χ1n) is 8.71. The van der Waals surface area contributed by atoms with Crippen LogP contribution in [0, 0.1) is 0 Å². The Morgan fingerprint density at radius 1 is 1.15 bits per heavy atom. The van der Waals surface area contributed by atoms with Crippen molar-refractivity contribution in [2.75, 3.05) is 46.9 Å². The molecule has 8 heteroatoms. The molecule has 0 saturated heterocycles. The topological polar surface area (TPSA) is 40.1 Å². The molecule has 0 heterocycles. The minimum absolute atomic E-state index is 0.241. The second-order valence-electron chi connectivity index (χ2n) is 6.02. The zero-order valence-electron chi connectivity index (χ0n) is 15.9. The Bertz CT molecular complexity index is 546. The molecule has 0 radical (unpaired) electrons. The Kier molecular flexibility index (Phi) is 9.26. The molecule has 5 nitrogen and oxygen atoms in total. The monoisotopic (exact) mass is 374 g/mol. The van der Waals surface area contributed by atoms with Crippen LogP contribution in [0.15, 0.2) is 29.3 Å². The van der Waals surface area contributed by atoms with Crippen molar-refractivity contribution >= 4 is 5.96 Å². The van der Waals surface area contributed by atoms with Crippen molar-refractivity contribution < 1.29 is 17.9 Å². The molecule has 0 aliphatic rings. The van der Waals surface area contributed by atoms with Gasteiger partial charge in [0.15, 0.2) is 5.96 Å². The molecular weight excluding hydrogens is 345 g/mol. The lowest BCUT2D eigenvalue weighted by atomic mass is 10.2. The molecule has 0 unspecified atom stereocenters. The van der Waals surface area contributed by atoms with E-state index in [1.165, 1.54) is 11.9 Å². The van der Waals surface area contributed by atoms with Crippen molar-refractivity contribution in [2.45, 2.75) is 26.6 Å². The first-order valence-corrected chi connectivity index (χ1v) is 8.71. The molecule has 1 aromatic rings. The number of benzene rings is 1. The van der Waals surface area contributed by atoms with Crippen LogP contribution in [0.1, 0.15) is 19.4 Å². The molecule has 0 fully saturated rings. The third kappa shape index (κ3) is 8.94. The van der Waals surface area contributed by atoms with Gasteiger partial charge in [0.1, 0.15) is 5.75 Å². The van der Waals surface area contributed by atoms with Gasteiger partial charge in [0.2, 0.25) is 0 Å². The minimum atomic E-state index is -4.19. The maximum absolute atomic E-state index is 12.4. The Hall–Kier alpha value is -1.96. The molecule has 26 heavy (non-hydrogen) atoms. The normalized spacial score (nSPS) is 12.4. The lowest BCUT2D eigenvalue weighted by molar-refractivity contribution is -0.142. The van der Waals surface area contributed by atoms with Crippen molar-refractivity contribution in [2.24, 2.45) is 4.99 Å². The van der Waals surface area contributed by atoms with Crippen LogP contribution in [0.5, 0.6) is 5.75 Å². The van der Waals surface area contributed by atoms with Crippen LogP contribution in [0.3, 0.4) is 0 Å². The number of guanidine groups is 1. The largest absolute Gasteiger partial charge is 0.494 e. The van der Waals surface area contributed by atoms with E-state index in [4.69, 9.17) is 4.74 Å². The van der Waals surface area contributed by atoms with Gasteiger partial charge in [-0.05, 0) is 38.6 Å². The summed E-state index contributed by atoms with van der Waals surface area (Å²) in [7, 11) is 3.34. The molecule has 148 valence electrons. The van der Waals surface area contributed by atoms with Gasteiger partial charge in [-0.3, -0.25) is 9.89 Å². The molecule has 1 N–H and O–H groups in total. The molecule has 0 aromatic heterocycles. The minimum Gasteiger partial charge on any atom is -0.494 e. The number of likely N-dealkylation sites (N-methyl/N-ethyl adjacent to an activating group) is 1. The van der Waals surface area contributed by atoms with Gasteiger partial charge in [-0.25, -0.2) is 0 Å². The Morgan fingerprint density at radius 3 is 2.35 bits per heavy atom. The summed E-state index contributed by atoms with van der Waals surface area (Å²) in [5.41, 5.74) is 1.09. The van der Waals surface area contributed by atoms with Gasteiger partial charge >= 0.3 is 6.18 Å². The first kappa shape index (κ1) is 22.1. The predicted molar refractivity (Wildman–Crippen MR) is 98.6 cm³/mol. The molecule has 0 amide bonds. The highest BCUT2D eigenvalue weighted by molar-refractivity contribution is 5.79. The first-order chi connectivity index (χ1) is 12.2. The van der Waals surface area contributed by atoms with Crippen LogP contribution < -0.4 is 10.1 Å². The maximum Gasteiger partial charge on any atom is 0.401 e. The summed E-state index contributed by atoms with van der Waals surface area (Å²) >= 11 is 0. The number of nitrogens with zero attached hydrogens (tertiary/aromatic N) is 3. The number of nitrogens with one attached hydrogen (secondary N) is 1. The predicted octanol–water partition coefficient (Wildman–Crippen LogP) is 2.98.